The summed E-state index contributed by atoms with van der Waals surface area (Å²) in [6, 6.07) is 11.7. The van der Waals surface area contributed by atoms with E-state index in [2.05, 4.69) is 31.3 Å². The molecule has 2 aromatic rings. The molecule has 0 saturated carbocycles. The summed E-state index contributed by atoms with van der Waals surface area (Å²) in [6.45, 7) is 5.55. The van der Waals surface area contributed by atoms with Gasteiger partial charge in [0.25, 0.3) is 5.91 Å². The number of furan rings is 1. The van der Waals surface area contributed by atoms with Gasteiger partial charge in [-0.3, -0.25) is 9.59 Å². The summed E-state index contributed by atoms with van der Waals surface area (Å²) in [4.78, 5) is 26.2. The monoisotopic (exact) mass is 366 g/mol. The molecule has 1 N–H and O–H groups in total. The highest BCUT2D eigenvalue weighted by Gasteiger charge is 2.25. The van der Waals surface area contributed by atoms with Gasteiger partial charge < -0.3 is 14.6 Å². The normalized spacial score (nSPS) is 15.4. The van der Waals surface area contributed by atoms with Gasteiger partial charge in [-0.15, -0.1) is 0 Å². The first-order valence-corrected chi connectivity index (χ1v) is 9.44. The van der Waals surface area contributed by atoms with Gasteiger partial charge in [-0.25, -0.2) is 0 Å². The van der Waals surface area contributed by atoms with Crippen molar-refractivity contribution in [2.24, 2.45) is 0 Å². The molecule has 3 rings (SSSR count). The zero-order chi connectivity index (χ0) is 19.2. The van der Waals surface area contributed by atoms with Gasteiger partial charge in [0.05, 0.1) is 6.26 Å². The van der Waals surface area contributed by atoms with E-state index in [9.17, 15) is 9.59 Å². The van der Waals surface area contributed by atoms with Gasteiger partial charge in [0.15, 0.2) is 5.76 Å². The van der Waals surface area contributed by atoms with Crippen LogP contribution in [0, 0.1) is 0 Å². The number of nitrogens with zero attached hydrogens (tertiary/aromatic N) is 1. The summed E-state index contributed by atoms with van der Waals surface area (Å²) in [5.74, 6) is 0.675. The van der Waals surface area contributed by atoms with Gasteiger partial charge in [-0.1, -0.05) is 38.1 Å². The predicted octanol–water partition coefficient (Wildman–Crippen LogP) is 3.84. The largest absolute Gasteiger partial charge is 0.459 e. The maximum atomic E-state index is 12.2. The van der Waals surface area contributed by atoms with Crippen molar-refractivity contribution in [3.8, 4) is 0 Å². The lowest BCUT2D eigenvalue weighted by Crippen LogP contribution is -2.46. The van der Waals surface area contributed by atoms with Crippen molar-refractivity contribution in [2.45, 2.75) is 38.6 Å². The number of nitrogens with one attached hydrogen (secondary N) is 1. The first-order valence-electron chi connectivity index (χ1n) is 9.44. The molecule has 2 amide bonds. The second-order valence-corrected chi connectivity index (χ2v) is 7.21. The number of hydrogen-bond acceptors (Lipinski definition) is 3. The molecular weight excluding hydrogens is 340 g/mol. The molecule has 1 aliphatic heterocycles. The molecule has 0 aliphatic carbocycles. The Morgan fingerprint density at radius 2 is 1.85 bits per heavy atom. The molecule has 0 radical (unpaired) electrons. The molecule has 0 spiro atoms. The summed E-state index contributed by atoms with van der Waals surface area (Å²) < 4.78 is 5.16. The van der Waals surface area contributed by atoms with Crippen molar-refractivity contribution < 1.29 is 14.0 Å². The summed E-state index contributed by atoms with van der Waals surface area (Å²) in [6.07, 6.45) is 6.40. The standard InChI is InChI=1S/C22H26N2O3/c1-16(2)18-8-5-17(6-9-18)7-10-21(25)23-19-11-13-24(14-12-19)22(26)20-4-3-15-27-20/h3-10,15-16,19H,11-14H2,1-2H3,(H,23,25)/b10-7+. The van der Waals surface area contributed by atoms with Crippen molar-refractivity contribution >= 4 is 17.9 Å². The predicted molar refractivity (Wildman–Crippen MR) is 105 cm³/mol. The molecule has 0 atom stereocenters. The molecule has 1 aromatic heterocycles. The van der Waals surface area contributed by atoms with Crippen LogP contribution in [0.3, 0.4) is 0 Å². The van der Waals surface area contributed by atoms with Crippen LogP contribution in [0.15, 0.2) is 53.2 Å². The second kappa shape index (κ2) is 8.71. The van der Waals surface area contributed by atoms with E-state index in [1.165, 1.54) is 11.8 Å². The average Bonchev–Trinajstić information content (AvgIpc) is 3.21. The molecule has 5 heteroatoms. The Bertz CT molecular complexity index is 783. The fourth-order valence-corrected chi connectivity index (χ4v) is 3.20. The first-order chi connectivity index (χ1) is 13.0. The number of piperidine rings is 1. The Labute approximate surface area is 160 Å². The van der Waals surface area contributed by atoms with Crippen LogP contribution in [-0.2, 0) is 4.79 Å². The van der Waals surface area contributed by atoms with Crippen molar-refractivity contribution in [1.82, 2.24) is 10.2 Å². The van der Waals surface area contributed by atoms with Crippen molar-refractivity contribution in [3.63, 3.8) is 0 Å². The fourth-order valence-electron chi connectivity index (χ4n) is 3.20. The van der Waals surface area contributed by atoms with Gasteiger partial charge >= 0.3 is 0 Å². The van der Waals surface area contributed by atoms with E-state index in [4.69, 9.17) is 4.42 Å². The van der Waals surface area contributed by atoms with Crippen LogP contribution in [-0.4, -0.2) is 35.8 Å². The maximum absolute atomic E-state index is 12.2. The number of carbonyl (C=O) groups excluding carboxylic acids is 2. The number of carbonyl (C=O) groups is 2. The van der Waals surface area contributed by atoms with E-state index in [1.54, 1.807) is 23.1 Å². The maximum Gasteiger partial charge on any atom is 0.289 e. The van der Waals surface area contributed by atoms with Crippen LogP contribution in [0.25, 0.3) is 6.08 Å². The van der Waals surface area contributed by atoms with Crippen LogP contribution in [0.5, 0.6) is 0 Å². The fraction of sp³-hybridized carbons (Fsp3) is 0.364. The zero-order valence-corrected chi connectivity index (χ0v) is 15.9. The Balaban J connectivity index is 1.46. The lowest BCUT2D eigenvalue weighted by molar-refractivity contribution is -0.117. The van der Waals surface area contributed by atoms with Crippen LogP contribution >= 0.6 is 0 Å². The Morgan fingerprint density at radius 1 is 1.15 bits per heavy atom. The average molecular weight is 366 g/mol. The minimum atomic E-state index is -0.0984. The highest BCUT2D eigenvalue weighted by atomic mass is 16.3. The van der Waals surface area contributed by atoms with Gasteiger partial charge in [0.1, 0.15) is 0 Å². The lowest BCUT2D eigenvalue weighted by atomic mass is 10.0. The Morgan fingerprint density at radius 3 is 2.44 bits per heavy atom. The molecule has 2 heterocycles. The van der Waals surface area contributed by atoms with E-state index in [0.29, 0.717) is 24.8 Å². The van der Waals surface area contributed by atoms with Crippen molar-refractivity contribution in [3.05, 3.63) is 65.6 Å². The molecule has 1 aromatic carbocycles. The van der Waals surface area contributed by atoms with Crippen LogP contribution in [0.4, 0.5) is 0 Å². The number of likely N-dealkylation sites (tertiary alicyclic amines) is 1. The van der Waals surface area contributed by atoms with E-state index in [0.717, 1.165) is 18.4 Å². The van der Waals surface area contributed by atoms with Crippen LogP contribution in [0.2, 0.25) is 0 Å². The molecule has 0 unspecified atom stereocenters. The first kappa shape index (κ1) is 19.0. The molecule has 142 valence electrons. The minimum absolute atomic E-state index is 0.0884. The molecule has 0 bridgehead atoms. The van der Waals surface area contributed by atoms with E-state index in [-0.39, 0.29) is 17.9 Å². The third kappa shape index (κ3) is 5.09. The van der Waals surface area contributed by atoms with E-state index in [1.807, 2.05) is 18.2 Å². The minimum Gasteiger partial charge on any atom is -0.459 e. The third-order valence-corrected chi connectivity index (χ3v) is 4.89. The van der Waals surface area contributed by atoms with Gasteiger partial charge in [0, 0.05) is 25.2 Å². The SMILES string of the molecule is CC(C)c1ccc(/C=C/C(=O)NC2CCN(C(=O)c3ccco3)CC2)cc1. The topological polar surface area (TPSA) is 62.6 Å². The van der Waals surface area contributed by atoms with Gasteiger partial charge in [-0.2, -0.15) is 0 Å². The van der Waals surface area contributed by atoms with Crippen molar-refractivity contribution in [2.75, 3.05) is 13.1 Å². The molecule has 1 saturated heterocycles. The highest BCUT2D eigenvalue weighted by molar-refractivity contribution is 5.92. The summed E-state index contributed by atoms with van der Waals surface area (Å²) in [5, 5.41) is 3.03. The molecule has 1 fully saturated rings. The number of rotatable bonds is 5. The van der Waals surface area contributed by atoms with Gasteiger partial charge in [0.2, 0.25) is 5.91 Å². The molecular formula is C22H26N2O3. The Hall–Kier alpha value is -2.82. The van der Waals surface area contributed by atoms with Gasteiger partial charge in [-0.05, 0) is 48.1 Å². The summed E-state index contributed by atoms with van der Waals surface area (Å²) >= 11 is 0. The third-order valence-electron chi connectivity index (χ3n) is 4.89. The Kier molecular flexibility index (Phi) is 6.12. The van der Waals surface area contributed by atoms with E-state index >= 15 is 0 Å². The quantitative estimate of drug-likeness (QED) is 0.818. The number of amides is 2. The van der Waals surface area contributed by atoms with E-state index < -0.39 is 0 Å². The second-order valence-electron chi connectivity index (χ2n) is 7.21. The lowest BCUT2D eigenvalue weighted by Gasteiger charge is -2.31. The molecule has 5 nitrogen and oxygen atoms in total. The molecule has 27 heavy (non-hydrogen) atoms. The molecule has 1 aliphatic rings. The smallest absolute Gasteiger partial charge is 0.289 e. The summed E-state index contributed by atoms with van der Waals surface area (Å²) in [5.41, 5.74) is 2.29. The zero-order valence-electron chi connectivity index (χ0n) is 15.9. The van der Waals surface area contributed by atoms with Crippen LogP contribution < -0.4 is 5.32 Å². The summed E-state index contributed by atoms with van der Waals surface area (Å²) in [7, 11) is 0. The van der Waals surface area contributed by atoms with Crippen molar-refractivity contribution in [1.29, 1.82) is 0 Å². The number of hydrogen-bond donors (Lipinski definition) is 1. The number of benzene rings is 1. The van der Waals surface area contributed by atoms with Crippen LogP contribution in [0.1, 0.15) is 54.3 Å². The highest BCUT2D eigenvalue weighted by Crippen LogP contribution is 2.16.